The van der Waals surface area contributed by atoms with Crippen molar-refractivity contribution in [2.45, 2.75) is 13.3 Å². The van der Waals surface area contributed by atoms with Crippen molar-refractivity contribution in [1.82, 2.24) is 10.9 Å². The van der Waals surface area contributed by atoms with Gasteiger partial charge in [-0.25, -0.2) is 4.39 Å². The van der Waals surface area contributed by atoms with Crippen LogP contribution in [0.5, 0.6) is 5.75 Å². The summed E-state index contributed by atoms with van der Waals surface area (Å²) in [6.45, 7) is 1.77. The number of ether oxygens (including phenoxy) is 1. The monoisotopic (exact) mass is 394 g/mol. The smallest absolute Gasteiger partial charge is 0.276 e. The first-order chi connectivity index (χ1) is 11.5. The van der Waals surface area contributed by atoms with Crippen molar-refractivity contribution in [3.63, 3.8) is 0 Å². The van der Waals surface area contributed by atoms with Crippen molar-refractivity contribution in [2.24, 2.45) is 0 Å². The highest BCUT2D eigenvalue weighted by atomic mass is 79.9. The summed E-state index contributed by atoms with van der Waals surface area (Å²) >= 11 is 3.15. The molecule has 0 bridgehead atoms. The van der Waals surface area contributed by atoms with E-state index in [1.807, 2.05) is 19.1 Å². The largest absolute Gasteiger partial charge is 0.484 e. The SMILES string of the molecule is CCc1ccc(OCC(=O)NNC(=O)c2cc(Br)ccc2F)cc1. The van der Waals surface area contributed by atoms with Crippen molar-refractivity contribution < 1.29 is 18.7 Å². The van der Waals surface area contributed by atoms with Gasteiger partial charge in [0.1, 0.15) is 11.6 Å². The lowest BCUT2D eigenvalue weighted by atomic mass is 10.2. The van der Waals surface area contributed by atoms with Crippen LogP contribution in [0.3, 0.4) is 0 Å². The molecule has 126 valence electrons. The molecule has 2 rings (SSSR count). The average Bonchev–Trinajstić information content (AvgIpc) is 2.60. The summed E-state index contributed by atoms with van der Waals surface area (Å²) in [5.74, 6) is -1.45. The molecule has 0 radical (unpaired) electrons. The molecule has 2 amide bonds. The minimum Gasteiger partial charge on any atom is -0.484 e. The maximum atomic E-state index is 13.6. The molecule has 0 aliphatic heterocycles. The minimum absolute atomic E-state index is 0.180. The molecule has 2 aromatic rings. The van der Waals surface area contributed by atoms with Crippen LogP contribution in [0.2, 0.25) is 0 Å². The Morgan fingerprint density at radius 1 is 1.12 bits per heavy atom. The van der Waals surface area contributed by atoms with E-state index in [4.69, 9.17) is 4.74 Å². The van der Waals surface area contributed by atoms with Crippen LogP contribution in [-0.4, -0.2) is 18.4 Å². The number of carbonyl (C=O) groups excluding carboxylic acids is 2. The molecular weight excluding hydrogens is 379 g/mol. The standard InChI is InChI=1S/C17H16BrFN2O3/c1-2-11-3-6-13(7-4-11)24-10-16(22)20-21-17(23)14-9-12(18)5-8-15(14)19/h3-9H,2,10H2,1H3,(H,20,22)(H,21,23). The van der Waals surface area contributed by atoms with E-state index in [0.717, 1.165) is 18.1 Å². The van der Waals surface area contributed by atoms with Crippen LogP contribution < -0.4 is 15.6 Å². The normalized spacial score (nSPS) is 10.1. The van der Waals surface area contributed by atoms with E-state index >= 15 is 0 Å². The molecule has 2 N–H and O–H groups in total. The van der Waals surface area contributed by atoms with Gasteiger partial charge in [-0.15, -0.1) is 0 Å². The highest BCUT2D eigenvalue weighted by Crippen LogP contribution is 2.15. The van der Waals surface area contributed by atoms with Crippen LogP contribution >= 0.6 is 15.9 Å². The Bertz CT molecular complexity index is 735. The Hall–Kier alpha value is -2.41. The van der Waals surface area contributed by atoms with Gasteiger partial charge in [-0.3, -0.25) is 20.4 Å². The lowest BCUT2D eigenvalue weighted by molar-refractivity contribution is -0.123. The number of aryl methyl sites for hydroxylation is 1. The fraction of sp³-hybridized carbons (Fsp3) is 0.176. The zero-order valence-electron chi connectivity index (χ0n) is 12.9. The van der Waals surface area contributed by atoms with E-state index in [2.05, 4.69) is 26.8 Å². The van der Waals surface area contributed by atoms with Crippen molar-refractivity contribution in [2.75, 3.05) is 6.61 Å². The lowest BCUT2D eigenvalue weighted by Gasteiger charge is -2.09. The molecule has 0 unspecified atom stereocenters. The summed E-state index contributed by atoms with van der Waals surface area (Å²) in [6, 6.07) is 11.3. The zero-order chi connectivity index (χ0) is 17.5. The molecule has 0 aliphatic rings. The molecule has 0 fully saturated rings. The highest BCUT2D eigenvalue weighted by molar-refractivity contribution is 9.10. The third-order valence-corrected chi connectivity index (χ3v) is 3.68. The molecule has 2 aromatic carbocycles. The number of hydrogen-bond donors (Lipinski definition) is 2. The number of carbonyl (C=O) groups is 2. The van der Waals surface area contributed by atoms with Crippen LogP contribution in [0.4, 0.5) is 4.39 Å². The molecule has 7 heteroatoms. The number of nitrogens with one attached hydrogen (secondary N) is 2. The van der Waals surface area contributed by atoms with E-state index in [9.17, 15) is 14.0 Å². The van der Waals surface area contributed by atoms with Gasteiger partial charge < -0.3 is 4.74 Å². The quantitative estimate of drug-likeness (QED) is 0.765. The van der Waals surface area contributed by atoms with Gasteiger partial charge in [0.15, 0.2) is 6.61 Å². The molecule has 0 aliphatic carbocycles. The van der Waals surface area contributed by atoms with Gasteiger partial charge in [0, 0.05) is 4.47 Å². The predicted molar refractivity (Wildman–Crippen MR) is 91.0 cm³/mol. The molecule has 0 saturated heterocycles. The lowest BCUT2D eigenvalue weighted by Crippen LogP contribution is -2.44. The van der Waals surface area contributed by atoms with Gasteiger partial charge in [-0.05, 0) is 42.3 Å². The third kappa shape index (κ3) is 5.06. The second-order valence-electron chi connectivity index (χ2n) is 4.91. The Labute approximate surface area is 147 Å². The summed E-state index contributed by atoms with van der Waals surface area (Å²) < 4.78 is 19.4. The number of amides is 2. The van der Waals surface area contributed by atoms with E-state index in [0.29, 0.717) is 10.2 Å². The molecule has 0 atom stereocenters. The van der Waals surface area contributed by atoms with Crippen LogP contribution in [0.15, 0.2) is 46.9 Å². The van der Waals surface area contributed by atoms with Gasteiger partial charge in [-0.1, -0.05) is 35.0 Å². The Balaban J connectivity index is 1.82. The number of benzene rings is 2. The molecular formula is C17H16BrFN2O3. The maximum Gasteiger partial charge on any atom is 0.276 e. The topological polar surface area (TPSA) is 67.4 Å². The second-order valence-corrected chi connectivity index (χ2v) is 5.83. The minimum atomic E-state index is -0.755. The van der Waals surface area contributed by atoms with Gasteiger partial charge in [0.05, 0.1) is 5.56 Å². The first kappa shape index (κ1) is 17.9. The summed E-state index contributed by atoms with van der Waals surface area (Å²) in [4.78, 5) is 23.5. The average molecular weight is 395 g/mol. The van der Waals surface area contributed by atoms with Gasteiger partial charge in [0.2, 0.25) is 0 Å². The van der Waals surface area contributed by atoms with Crippen molar-refractivity contribution in [3.8, 4) is 5.75 Å². The van der Waals surface area contributed by atoms with E-state index in [1.54, 1.807) is 12.1 Å². The van der Waals surface area contributed by atoms with Gasteiger partial charge >= 0.3 is 0 Å². The van der Waals surface area contributed by atoms with Crippen LogP contribution in [0.1, 0.15) is 22.8 Å². The van der Waals surface area contributed by atoms with E-state index < -0.39 is 17.6 Å². The van der Waals surface area contributed by atoms with Crippen LogP contribution in [-0.2, 0) is 11.2 Å². The Morgan fingerprint density at radius 2 is 1.83 bits per heavy atom. The summed E-state index contributed by atoms with van der Waals surface area (Å²) in [7, 11) is 0. The maximum absolute atomic E-state index is 13.6. The molecule has 0 aromatic heterocycles. The summed E-state index contributed by atoms with van der Waals surface area (Å²) in [5.41, 5.74) is 5.30. The number of rotatable bonds is 5. The first-order valence-electron chi connectivity index (χ1n) is 7.25. The van der Waals surface area contributed by atoms with Crippen LogP contribution in [0.25, 0.3) is 0 Å². The fourth-order valence-electron chi connectivity index (χ4n) is 1.87. The van der Waals surface area contributed by atoms with Crippen molar-refractivity contribution >= 4 is 27.7 Å². The number of halogens is 2. The highest BCUT2D eigenvalue weighted by Gasteiger charge is 2.13. The Kier molecular flexibility index (Phi) is 6.31. The van der Waals surface area contributed by atoms with E-state index in [1.165, 1.54) is 12.1 Å². The third-order valence-electron chi connectivity index (χ3n) is 3.19. The second kappa shape index (κ2) is 8.44. The fourth-order valence-corrected chi connectivity index (χ4v) is 2.23. The first-order valence-corrected chi connectivity index (χ1v) is 8.05. The Morgan fingerprint density at radius 3 is 2.50 bits per heavy atom. The molecule has 5 nitrogen and oxygen atoms in total. The molecule has 0 saturated carbocycles. The predicted octanol–water partition coefficient (Wildman–Crippen LogP) is 2.99. The van der Waals surface area contributed by atoms with Crippen molar-refractivity contribution in [1.29, 1.82) is 0 Å². The zero-order valence-corrected chi connectivity index (χ0v) is 14.5. The van der Waals surface area contributed by atoms with Gasteiger partial charge in [0.25, 0.3) is 11.8 Å². The molecule has 0 heterocycles. The van der Waals surface area contributed by atoms with Crippen molar-refractivity contribution in [3.05, 3.63) is 63.9 Å². The number of hydrazine groups is 1. The summed E-state index contributed by atoms with van der Waals surface area (Å²) in [6.07, 6.45) is 0.916. The van der Waals surface area contributed by atoms with Gasteiger partial charge in [-0.2, -0.15) is 0 Å². The number of hydrogen-bond acceptors (Lipinski definition) is 3. The van der Waals surface area contributed by atoms with E-state index in [-0.39, 0.29) is 12.2 Å². The van der Waals surface area contributed by atoms with Crippen LogP contribution in [0, 0.1) is 5.82 Å². The summed E-state index contributed by atoms with van der Waals surface area (Å²) in [5, 5.41) is 0. The molecule has 24 heavy (non-hydrogen) atoms. The molecule has 0 spiro atoms.